The first-order chi connectivity index (χ1) is 11.9. The maximum Gasteiger partial charge on any atom is 0.326 e. The summed E-state index contributed by atoms with van der Waals surface area (Å²) in [6.07, 6.45) is 2.73. The van der Waals surface area contributed by atoms with Crippen molar-refractivity contribution in [1.29, 1.82) is 0 Å². The van der Waals surface area contributed by atoms with Gasteiger partial charge in [0, 0.05) is 5.69 Å². The fourth-order valence-electron chi connectivity index (χ4n) is 2.29. The first-order valence-corrected chi connectivity index (χ1v) is 8.33. The number of pyridine rings is 1. The molecule has 0 saturated heterocycles. The second-order valence-corrected chi connectivity index (χ2v) is 5.84. The Balaban J connectivity index is 2.19. The van der Waals surface area contributed by atoms with E-state index in [4.69, 9.17) is 11.6 Å². The number of halogens is 1. The highest BCUT2D eigenvalue weighted by Gasteiger charge is 2.18. The van der Waals surface area contributed by atoms with Crippen LogP contribution in [0.1, 0.15) is 46.9 Å². The van der Waals surface area contributed by atoms with Crippen molar-refractivity contribution < 1.29 is 9.59 Å². The van der Waals surface area contributed by atoms with Crippen LogP contribution in [0.5, 0.6) is 0 Å². The fourth-order valence-corrected chi connectivity index (χ4v) is 2.56. The lowest BCUT2D eigenvalue weighted by Crippen LogP contribution is -2.35. The Morgan fingerprint density at radius 1 is 1.12 bits per heavy atom. The van der Waals surface area contributed by atoms with E-state index in [1.54, 1.807) is 13.0 Å². The van der Waals surface area contributed by atoms with E-state index in [-0.39, 0.29) is 10.7 Å². The molecule has 2 N–H and O–H groups in total. The van der Waals surface area contributed by atoms with Gasteiger partial charge in [-0.05, 0) is 38.3 Å². The molecule has 0 spiro atoms. The zero-order valence-electron chi connectivity index (χ0n) is 14.6. The van der Waals surface area contributed by atoms with Gasteiger partial charge in [0.05, 0.1) is 22.6 Å². The van der Waals surface area contributed by atoms with Crippen molar-refractivity contribution in [3.63, 3.8) is 0 Å². The molecule has 0 aliphatic carbocycles. The lowest BCUT2D eigenvalue weighted by Gasteiger charge is -2.13. The minimum atomic E-state index is -0.668. The van der Waals surface area contributed by atoms with E-state index in [1.807, 2.05) is 20.8 Å². The molecule has 8 heteroatoms. The standard InChI is InChI=1S/C17H20ClN5O2/c1-5-12-14(13(6-2)20-8-19-12)22-17(25)23-16(24)11-7-9(3)10(4)21-15(11)18/h7-8H,5-6H2,1-4H3,(H2,22,23,24,25). The highest BCUT2D eigenvalue weighted by molar-refractivity contribution is 6.33. The molecule has 0 radical (unpaired) electrons. The number of urea groups is 1. The van der Waals surface area contributed by atoms with E-state index in [1.165, 1.54) is 6.33 Å². The van der Waals surface area contributed by atoms with Crippen LogP contribution >= 0.6 is 11.6 Å². The monoisotopic (exact) mass is 361 g/mol. The van der Waals surface area contributed by atoms with Gasteiger partial charge in [0.25, 0.3) is 5.91 Å². The van der Waals surface area contributed by atoms with Gasteiger partial charge in [0.2, 0.25) is 0 Å². The Labute approximate surface area is 151 Å². The van der Waals surface area contributed by atoms with Crippen LogP contribution < -0.4 is 10.6 Å². The average Bonchev–Trinajstić information content (AvgIpc) is 2.58. The molecule has 0 bridgehead atoms. The number of carbonyl (C=O) groups is 2. The summed E-state index contributed by atoms with van der Waals surface area (Å²) in [5.74, 6) is -0.619. The molecule has 2 aromatic heterocycles. The summed E-state index contributed by atoms with van der Waals surface area (Å²) in [4.78, 5) is 37.0. The molecule has 0 unspecified atom stereocenters. The topological polar surface area (TPSA) is 96.9 Å². The molecule has 0 aliphatic rings. The molecule has 2 heterocycles. The summed E-state index contributed by atoms with van der Waals surface area (Å²) < 4.78 is 0. The van der Waals surface area contributed by atoms with Crippen LogP contribution in [0.25, 0.3) is 0 Å². The third-order valence-corrected chi connectivity index (χ3v) is 4.09. The summed E-state index contributed by atoms with van der Waals surface area (Å²) >= 11 is 6.01. The van der Waals surface area contributed by atoms with Gasteiger partial charge in [0.15, 0.2) is 0 Å². The lowest BCUT2D eigenvalue weighted by atomic mass is 10.1. The predicted octanol–water partition coefficient (Wildman–Crippen LogP) is 3.23. The van der Waals surface area contributed by atoms with Gasteiger partial charge in [-0.25, -0.2) is 19.7 Å². The molecule has 3 amide bonds. The number of nitrogens with zero attached hydrogens (tertiary/aromatic N) is 3. The zero-order valence-corrected chi connectivity index (χ0v) is 15.4. The zero-order chi connectivity index (χ0) is 18.6. The average molecular weight is 362 g/mol. The Morgan fingerprint density at radius 3 is 2.28 bits per heavy atom. The van der Waals surface area contributed by atoms with E-state index in [9.17, 15) is 9.59 Å². The van der Waals surface area contributed by atoms with Crippen molar-refractivity contribution in [2.75, 3.05) is 5.32 Å². The molecule has 132 valence electrons. The predicted molar refractivity (Wildman–Crippen MR) is 96.0 cm³/mol. The Morgan fingerprint density at radius 2 is 1.72 bits per heavy atom. The number of imide groups is 1. The van der Waals surface area contributed by atoms with Crippen molar-refractivity contribution in [2.45, 2.75) is 40.5 Å². The van der Waals surface area contributed by atoms with E-state index in [2.05, 4.69) is 25.6 Å². The minimum absolute atomic E-state index is 0.0555. The number of hydrogen-bond acceptors (Lipinski definition) is 5. The van der Waals surface area contributed by atoms with Gasteiger partial charge in [-0.2, -0.15) is 0 Å². The molecule has 0 aromatic carbocycles. The molecule has 2 rings (SSSR count). The van der Waals surface area contributed by atoms with Crippen LogP contribution in [-0.4, -0.2) is 26.9 Å². The quantitative estimate of drug-likeness (QED) is 0.815. The molecule has 7 nitrogen and oxygen atoms in total. The van der Waals surface area contributed by atoms with Gasteiger partial charge in [0.1, 0.15) is 11.5 Å². The largest absolute Gasteiger partial charge is 0.326 e. The van der Waals surface area contributed by atoms with Crippen LogP contribution in [0.15, 0.2) is 12.4 Å². The number of amides is 3. The van der Waals surface area contributed by atoms with Crippen LogP contribution in [0.4, 0.5) is 10.5 Å². The van der Waals surface area contributed by atoms with Crippen LogP contribution in [-0.2, 0) is 12.8 Å². The first-order valence-electron chi connectivity index (χ1n) is 7.96. The van der Waals surface area contributed by atoms with Crippen molar-refractivity contribution in [3.8, 4) is 0 Å². The number of anilines is 1. The molecule has 0 atom stereocenters. The summed E-state index contributed by atoms with van der Waals surface area (Å²) in [5, 5.41) is 4.99. The summed E-state index contributed by atoms with van der Waals surface area (Å²) in [5.41, 5.74) is 3.64. The molecular weight excluding hydrogens is 342 g/mol. The maximum atomic E-state index is 12.3. The normalized spacial score (nSPS) is 10.4. The molecule has 0 aliphatic heterocycles. The number of hydrogen-bond donors (Lipinski definition) is 2. The third-order valence-electron chi connectivity index (χ3n) is 3.80. The number of rotatable bonds is 4. The third kappa shape index (κ3) is 4.30. The minimum Gasteiger partial charge on any atom is -0.304 e. The van der Waals surface area contributed by atoms with Crippen LogP contribution in [0.3, 0.4) is 0 Å². The summed E-state index contributed by atoms with van der Waals surface area (Å²) in [6, 6.07) is 0.937. The van der Waals surface area contributed by atoms with Gasteiger partial charge in [-0.1, -0.05) is 25.4 Å². The van der Waals surface area contributed by atoms with Crippen molar-refractivity contribution in [1.82, 2.24) is 20.3 Å². The molecular formula is C17H20ClN5O2. The number of carbonyl (C=O) groups excluding carboxylic acids is 2. The van der Waals surface area contributed by atoms with Gasteiger partial charge >= 0.3 is 6.03 Å². The summed E-state index contributed by atoms with van der Waals surface area (Å²) in [7, 11) is 0. The van der Waals surface area contributed by atoms with Crippen molar-refractivity contribution in [2.24, 2.45) is 0 Å². The van der Waals surface area contributed by atoms with Crippen LogP contribution in [0, 0.1) is 13.8 Å². The molecule has 25 heavy (non-hydrogen) atoms. The fraction of sp³-hybridized carbons (Fsp3) is 0.353. The second kappa shape index (κ2) is 8.02. The lowest BCUT2D eigenvalue weighted by molar-refractivity contribution is 0.0967. The molecule has 0 saturated carbocycles. The Kier molecular flexibility index (Phi) is 6.03. The number of aryl methyl sites for hydroxylation is 4. The summed E-state index contributed by atoms with van der Waals surface area (Å²) in [6.45, 7) is 7.47. The van der Waals surface area contributed by atoms with Crippen molar-refractivity contribution >= 4 is 29.2 Å². The van der Waals surface area contributed by atoms with E-state index < -0.39 is 11.9 Å². The van der Waals surface area contributed by atoms with Crippen molar-refractivity contribution in [3.05, 3.63) is 45.8 Å². The van der Waals surface area contributed by atoms with E-state index in [0.717, 1.165) is 11.3 Å². The van der Waals surface area contributed by atoms with Gasteiger partial charge < -0.3 is 5.32 Å². The maximum absolute atomic E-state index is 12.3. The Bertz CT molecular complexity index is 801. The second-order valence-electron chi connectivity index (χ2n) is 5.49. The van der Waals surface area contributed by atoms with E-state index >= 15 is 0 Å². The van der Waals surface area contributed by atoms with Gasteiger partial charge in [-0.15, -0.1) is 0 Å². The molecule has 2 aromatic rings. The number of aromatic nitrogens is 3. The van der Waals surface area contributed by atoms with Gasteiger partial charge in [-0.3, -0.25) is 10.1 Å². The Hall–Kier alpha value is -2.54. The highest BCUT2D eigenvalue weighted by atomic mass is 35.5. The smallest absolute Gasteiger partial charge is 0.304 e. The highest BCUT2D eigenvalue weighted by Crippen LogP contribution is 2.19. The SMILES string of the molecule is CCc1ncnc(CC)c1NC(=O)NC(=O)c1cc(C)c(C)nc1Cl. The van der Waals surface area contributed by atoms with Crippen LogP contribution in [0.2, 0.25) is 5.15 Å². The molecule has 0 fully saturated rings. The van der Waals surface area contributed by atoms with E-state index in [0.29, 0.717) is 29.9 Å². The first kappa shape index (κ1) is 18.8. The number of nitrogens with one attached hydrogen (secondary N) is 2.